The molecule has 1 unspecified atom stereocenters. The molecule has 1 fully saturated rings. The summed E-state index contributed by atoms with van der Waals surface area (Å²) in [5.74, 6) is -1.32. The Labute approximate surface area is 135 Å². The second-order valence-corrected chi connectivity index (χ2v) is 5.65. The Kier molecular flexibility index (Phi) is 5.92. The van der Waals surface area contributed by atoms with Gasteiger partial charge in [0.05, 0.1) is 12.5 Å². The molecule has 23 heavy (non-hydrogen) atoms. The van der Waals surface area contributed by atoms with Crippen molar-refractivity contribution in [1.82, 2.24) is 9.88 Å². The Morgan fingerprint density at radius 2 is 2.17 bits per heavy atom. The Morgan fingerprint density at radius 3 is 2.78 bits per heavy atom. The monoisotopic (exact) mass is 322 g/mol. The van der Waals surface area contributed by atoms with Crippen molar-refractivity contribution in [2.45, 2.75) is 25.8 Å². The van der Waals surface area contributed by atoms with E-state index >= 15 is 0 Å². The average molecular weight is 322 g/mol. The van der Waals surface area contributed by atoms with E-state index in [2.05, 4.69) is 4.98 Å². The van der Waals surface area contributed by atoms with Gasteiger partial charge in [-0.25, -0.2) is 4.98 Å². The Morgan fingerprint density at radius 1 is 1.43 bits per heavy atom. The van der Waals surface area contributed by atoms with Crippen molar-refractivity contribution >= 4 is 11.9 Å². The van der Waals surface area contributed by atoms with E-state index in [0.717, 1.165) is 12.8 Å². The van der Waals surface area contributed by atoms with Gasteiger partial charge >= 0.3 is 5.97 Å². The van der Waals surface area contributed by atoms with Crippen molar-refractivity contribution in [2.75, 3.05) is 26.9 Å². The first kappa shape index (κ1) is 17.2. The molecular formula is C16H22N2O5. The van der Waals surface area contributed by atoms with Crippen LogP contribution in [-0.4, -0.2) is 59.8 Å². The molecule has 7 nitrogen and oxygen atoms in total. The molecule has 0 saturated heterocycles. The number of carbonyl (C=O) groups excluding carboxylic acids is 1. The fourth-order valence-corrected chi connectivity index (χ4v) is 2.17. The summed E-state index contributed by atoms with van der Waals surface area (Å²) in [6, 6.07) is 3.33. The highest BCUT2D eigenvalue weighted by Gasteiger charge is 2.35. The van der Waals surface area contributed by atoms with Gasteiger partial charge in [0.2, 0.25) is 5.88 Å². The molecule has 1 aromatic heterocycles. The Balaban J connectivity index is 2.07. The van der Waals surface area contributed by atoms with Crippen LogP contribution in [0.3, 0.4) is 0 Å². The van der Waals surface area contributed by atoms with Crippen LogP contribution >= 0.6 is 0 Å². The summed E-state index contributed by atoms with van der Waals surface area (Å²) in [6.07, 6.45) is 3.35. The summed E-state index contributed by atoms with van der Waals surface area (Å²) in [5, 5.41) is 9.07. The molecule has 0 spiro atoms. The van der Waals surface area contributed by atoms with E-state index in [1.54, 1.807) is 31.1 Å². The van der Waals surface area contributed by atoms with E-state index in [0.29, 0.717) is 24.7 Å². The minimum absolute atomic E-state index is 0.135. The highest BCUT2D eigenvalue weighted by Crippen LogP contribution is 2.29. The minimum Gasteiger partial charge on any atom is -0.481 e. The zero-order chi connectivity index (χ0) is 16.8. The molecule has 0 aromatic carbocycles. The van der Waals surface area contributed by atoms with Crippen molar-refractivity contribution < 1.29 is 24.2 Å². The molecule has 1 atom stereocenters. The van der Waals surface area contributed by atoms with Crippen molar-refractivity contribution in [3.05, 3.63) is 23.9 Å². The zero-order valence-electron chi connectivity index (χ0n) is 13.4. The number of aromatic nitrogens is 1. The smallest absolute Gasteiger partial charge is 0.308 e. The van der Waals surface area contributed by atoms with Crippen molar-refractivity contribution in [3.63, 3.8) is 0 Å². The van der Waals surface area contributed by atoms with E-state index in [1.165, 1.54) is 6.20 Å². The molecule has 7 heteroatoms. The SMILES string of the molecule is COCCOc1cc(C(=O)N(CC(C)C(=O)O)C2CC2)ccn1. The van der Waals surface area contributed by atoms with Crippen LogP contribution in [0, 0.1) is 5.92 Å². The van der Waals surface area contributed by atoms with Gasteiger partial charge in [0.1, 0.15) is 6.61 Å². The number of amides is 1. The van der Waals surface area contributed by atoms with Gasteiger partial charge < -0.3 is 19.5 Å². The maximum absolute atomic E-state index is 12.7. The molecule has 1 aliphatic carbocycles. The van der Waals surface area contributed by atoms with Gasteiger partial charge in [0.25, 0.3) is 5.91 Å². The first-order valence-electron chi connectivity index (χ1n) is 7.64. The lowest BCUT2D eigenvalue weighted by molar-refractivity contribution is -0.141. The van der Waals surface area contributed by atoms with Crippen LogP contribution in [0.25, 0.3) is 0 Å². The third kappa shape index (κ3) is 4.92. The number of rotatable bonds is 9. The van der Waals surface area contributed by atoms with Gasteiger partial charge in [0.15, 0.2) is 0 Å². The molecule has 1 saturated carbocycles. The lowest BCUT2D eigenvalue weighted by Gasteiger charge is -2.24. The van der Waals surface area contributed by atoms with E-state index in [4.69, 9.17) is 14.6 Å². The van der Waals surface area contributed by atoms with Crippen LogP contribution in [0.15, 0.2) is 18.3 Å². The van der Waals surface area contributed by atoms with Crippen molar-refractivity contribution in [1.29, 1.82) is 0 Å². The maximum Gasteiger partial charge on any atom is 0.308 e. The van der Waals surface area contributed by atoms with Crippen LogP contribution in [0.4, 0.5) is 0 Å². The first-order chi connectivity index (χ1) is 11.0. The molecule has 1 aromatic rings. The fourth-order valence-electron chi connectivity index (χ4n) is 2.17. The number of aliphatic carboxylic acids is 1. The minimum atomic E-state index is -0.901. The molecular weight excluding hydrogens is 300 g/mol. The number of hydrogen-bond acceptors (Lipinski definition) is 5. The summed E-state index contributed by atoms with van der Waals surface area (Å²) < 4.78 is 10.3. The summed E-state index contributed by atoms with van der Waals surface area (Å²) in [6.45, 7) is 2.60. The van der Waals surface area contributed by atoms with Crippen molar-refractivity contribution in [3.8, 4) is 5.88 Å². The summed E-state index contributed by atoms with van der Waals surface area (Å²) in [7, 11) is 1.58. The molecule has 2 rings (SSSR count). The number of carboxylic acid groups (broad SMARTS) is 1. The second kappa shape index (κ2) is 7.92. The number of ether oxygens (including phenoxy) is 2. The molecule has 1 amide bonds. The van der Waals surface area contributed by atoms with Crippen LogP contribution < -0.4 is 4.74 Å². The van der Waals surface area contributed by atoms with Crippen LogP contribution in [-0.2, 0) is 9.53 Å². The predicted octanol–water partition coefficient (Wildman–Crippen LogP) is 1.43. The normalized spacial score (nSPS) is 15.0. The average Bonchev–Trinajstić information content (AvgIpc) is 3.37. The molecule has 1 aliphatic rings. The van der Waals surface area contributed by atoms with Crippen LogP contribution in [0.2, 0.25) is 0 Å². The standard InChI is InChI=1S/C16H22N2O5/c1-11(16(20)21)10-18(13-3-4-13)15(19)12-5-6-17-14(9-12)23-8-7-22-2/h5-6,9,11,13H,3-4,7-8,10H2,1-2H3,(H,20,21). The first-order valence-corrected chi connectivity index (χ1v) is 7.64. The molecule has 0 radical (unpaired) electrons. The van der Waals surface area contributed by atoms with E-state index < -0.39 is 11.9 Å². The molecule has 1 heterocycles. The third-order valence-corrected chi connectivity index (χ3v) is 3.66. The lowest BCUT2D eigenvalue weighted by Crippen LogP contribution is -2.38. The van der Waals surface area contributed by atoms with E-state index in [9.17, 15) is 9.59 Å². The highest BCUT2D eigenvalue weighted by molar-refractivity contribution is 5.95. The second-order valence-electron chi connectivity index (χ2n) is 5.65. The number of methoxy groups -OCH3 is 1. The number of carbonyl (C=O) groups is 2. The largest absolute Gasteiger partial charge is 0.481 e. The zero-order valence-corrected chi connectivity index (χ0v) is 13.4. The van der Waals surface area contributed by atoms with Gasteiger partial charge in [-0.2, -0.15) is 0 Å². The van der Waals surface area contributed by atoms with Gasteiger partial charge in [-0.3, -0.25) is 9.59 Å². The van der Waals surface area contributed by atoms with E-state index in [1.807, 2.05) is 0 Å². The summed E-state index contributed by atoms with van der Waals surface area (Å²) in [5.41, 5.74) is 0.455. The van der Waals surface area contributed by atoms with Gasteiger partial charge in [-0.15, -0.1) is 0 Å². The predicted molar refractivity (Wildman–Crippen MR) is 82.5 cm³/mol. The highest BCUT2D eigenvalue weighted by atomic mass is 16.5. The Hall–Kier alpha value is -2.15. The molecule has 0 bridgehead atoms. The van der Waals surface area contributed by atoms with Crippen molar-refractivity contribution in [2.24, 2.45) is 5.92 Å². The number of carboxylic acids is 1. The van der Waals surface area contributed by atoms with Crippen LogP contribution in [0.5, 0.6) is 5.88 Å². The topological polar surface area (TPSA) is 89.0 Å². The molecule has 1 N–H and O–H groups in total. The number of hydrogen-bond donors (Lipinski definition) is 1. The third-order valence-electron chi connectivity index (χ3n) is 3.66. The summed E-state index contributed by atoms with van der Waals surface area (Å²) in [4.78, 5) is 29.5. The number of pyridine rings is 1. The quantitative estimate of drug-likeness (QED) is 0.692. The van der Waals surface area contributed by atoms with Gasteiger partial charge in [0, 0.05) is 37.5 Å². The Bertz CT molecular complexity index is 559. The maximum atomic E-state index is 12.7. The van der Waals surface area contributed by atoms with E-state index in [-0.39, 0.29) is 18.5 Å². The molecule has 126 valence electrons. The molecule has 0 aliphatic heterocycles. The number of nitrogens with zero attached hydrogens (tertiary/aromatic N) is 2. The summed E-state index contributed by atoms with van der Waals surface area (Å²) >= 11 is 0. The van der Waals surface area contributed by atoms with Gasteiger partial charge in [-0.05, 0) is 18.9 Å². The van der Waals surface area contributed by atoms with Crippen LogP contribution in [0.1, 0.15) is 30.1 Å². The van der Waals surface area contributed by atoms with Gasteiger partial charge in [-0.1, -0.05) is 6.92 Å². The lowest BCUT2D eigenvalue weighted by atomic mass is 10.1. The fraction of sp³-hybridized carbons (Fsp3) is 0.562.